The molecule has 0 bridgehead atoms. The summed E-state index contributed by atoms with van der Waals surface area (Å²) in [4.78, 5) is 36.3. The lowest BCUT2D eigenvalue weighted by Crippen LogP contribution is -2.51. The molecule has 15 heteroatoms. The number of likely N-dealkylation sites (tertiary alicyclic amines) is 1. The van der Waals surface area contributed by atoms with Crippen molar-refractivity contribution in [3.8, 4) is 23.1 Å². The molecule has 4 aromatic rings. The molecule has 2 aromatic carbocycles. The van der Waals surface area contributed by atoms with E-state index in [1.807, 2.05) is 0 Å². The normalized spacial score (nSPS) is 16.9. The van der Waals surface area contributed by atoms with Crippen LogP contribution in [0.3, 0.4) is 0 Å². The average Bonchev–Trinajstić information content (AvgIpc) is 3.53. The van der Waals surface area contributed by atoms with Crippen molar-refractivity contribution in [3.05, 3.63) is 71.1 Å². The molecule has 2 aromatic heterocycles. The van der Waals surface area contributed by atoms with Crippen molar-refractivity contribution < 1.29 is 27.8 Å². The molecule has 0 spiro atoms. The van der Waals surface area contributed by atoms with Crippen LogP contribution in [0.5, 0.6) is 5.75 Å². The highest BCUT2D eigenvalue weighted by Gasteiger charge is 2.30. The minimum absolute atomic E-state index is 0.0578. The number of nitrogens with one attached hydrogen (secondary N) is 3. The Hall–Kier alpha value is -4.84. The molecule has 2 aliphatic heterocycles. The van der Waals surface area contributed by atoms with Gasteiger partial charge in [-0.25, -0.2) is 14.4 Å². The number of nitriles is 1. The van der Waals surface area contributed by atoms with E-state index in [1.165, 1.54) is 24.5 Å². The molecule has 1 amide bonds. The Morgan fingerprint density at radius 1 is 1.13 bits per heavy atom. The molecule has 6 rings (SSSR count). The molecular formula is C32H31ClF2N8O4. The third kappa shape index (κ3) is 6.97. The Bertz CT molecular complexity index is 1830. The van der Waals surface area contributed by atoms with Gasteiger partial charge >= 0.3 is 5.97 Å². The number of rotatable bonds is 9. The van der Waals surface area contributed by atoms with Gasteiger partial charge in [0.2, 0.25) is 5.82 Å². The van der Waals surface area contributed by atoms with E-state index >= 15 is 0 Å². The molecule has 4 heterocycles. The highest BCUT2D eigenvalue weighted by molar-refractivity contribution is 6.34. The van der Waals surface area contributed by atoms with E-state index in [0.717, 1.165) is 19.6 Å². The third-order valence-electron chi connectivity index (χ3n) is 8.17. The second-order valence-electron chi connectivity index (χ2n) is 11.2. The van der Waals surface area contributed by atoms with Crippen LogP contribution in [0.25, 0.3) is 16.9 Å². The van der Waals surface area contributed by atoms with Crippen molar-refractivity contribution in [2.45, 2.75) is 18.9 Å². The van der Waals surface area contributed by atoms with E-state index in [-0.39, 0.29) is 45.9 Å². The van der Waals surface area contributed by atoms with Crippen molar-refractivity contribution in [1.29, 1.82) is 5.26 Å². The number of piperazine rings is 1. The predicted molar refractivity (Wildman–Crippen MR) is 168 cm³/mol. The molecule has 0 radical (unpaired) electrons. The van der Waals surface area contributed by atoms with Crippen molar-refractivity contribution in [2.24, 2.45) is 5.92 Å². The van der Waals surface area contributed by atoms with Gasteiger partial charge in [0, 0.05) is 56.4 Å². The zero-order chi connectivity index (χ0) is 32.9. The maximum Gasteiger partial charge on any atom is 0.309 e. The molecule has 244 valence electrons. The maximum atomic E-state index is 15.0. The Balaban J connectivity index is 1.10. The Kier molecular flexibility index (Phi) is 9.76. The minimum Gasteiger partial charge on any atom is -0.476 e. The smallest absolute Gasteiger partial charge is 0.309 e. The van der Waals surface area contributed by atoms with Gasteiger partial charge in [-0.1, -0.05) is 11.6 Å². The van der Waals surface area contributed by atoms with E-state index in [1.54, 1.807) is 39.8 Å². The maximum absolute atomic E-state index is 15.0. The zero-order valence-electron chi connectivity index (χ0n) is 25.1. The summed E-state index contributed by atoms with van der Waals surface area (Å²) < 4.78 is 41.6. The third-order valence-corrected chi connectivity index (χ3v) is 8.49. The van der Waals surface area contributed by atoms with Gasteiger partial charge in [0.1, 0.15) is 12.7 Å². The Labute approximate surface area is 273 Å². The standard InChI is InChI=1S/C32H31ClF2N8O4/c33-24-15-20(1-2-22(24)31(44)42-11-5-19(6-12-42)32(45)47-18-21-16-37-8-9-38-21)41-29-30-40-17-25(43(30)13-10-39-29)23-3-4-26(46-14-7-36)28(35)27(23)34/h1-4,10,13,15,17,19,21,37-38H,5-6,8-9,11-12,14,16,18H2,(H,39,41). The number of ether oxygens (including phenoxy) is 2. The number of piperidine rings is 1. The van der Waals surface area contributed by atoms with Crippen LogP contribution in [0.15, 0.2) is 48.9 Å². The summed E-state index contributed by atoms with van der Waals surface area (Å²) in [6.45, 7) is 3.21. The van der Waals surface area contributed by atoms with Gasteiger partial charge in [-0.2, -0.15) is 9.65 Å². The number of carbonyl (C=O) groups excluding carboxylic acids is 2. The lowest BCUT2D eigenvalue weighted by molar-refractivity contribution is -0.150. The van der Waals surface area contributed by atoms with Gasteiger partial charge in [0.25, 0.3) is 5.91 Å². The monoisotopic (exact) mass is 664 g/mol. The van der Waals surface area contributed by atoms with Crippen molar-refractivity contribution >= 4 is 40.6 Å². The summed E-state index contributed by atoms with van der Waals surface area (Å²) in [5.74, 6) is -3.13. The van der Waals surface area contributed by atoms with Crippen molar-refractivity contribution in [2.75, 3.05) is 51.3 Å². The number of carbonyl (C=O) groups is 2. The van der Waals surface area contributed by atoms with Gasteiger partial charge < -0.3 is 30.3 Å². The number of esters is 1. The second-order valence-corrected chi connectivity index (χ2v) is 11.6. The fraction of sp³-hybridized carbons (Fsp3) is 0.344. The molecule has 3 N–H and O–H groups in total. The van der Waals surface area contributed by atoms with Crippen LogP contribution in [-0.4, -0.2) is 83.1 Å². The second kappa shape index (κ2) is 14.3. The number of aromatic nitrogens is 3. The number of anilines is 2. The molecule has 0 aliphatic carbocycles. The molecular weight excluding hydrogens is 634 g/mol. The van der Waals surface area contributed by atoms with Crippen LogP contribution in [-0.2, 0) is 9.53 Å². The predicted octanol–water partition coefficient (Wildman–Crippen LogP) is 3.93. The van der Waals surface area contributed by atoms with Crippen LogP contribution in [0.2, 0.25) is 5.02 Å². The number of fused-ring (bicyclic) bond motifs is 1. The van der Waals surface area contributed by atoms with E-state index in [0.29, 0.717) is 55.3 Å². The van der Waals surface area contributed by atoms with E-state index in [4.69, 9.17) is 26.3 Å². The number of hydrogen-bond donors (Lipinski definition) is 3. The largest absolute Gasteiger partial charge is 0.476 e. The first kappa shape index (κ1) is 32.1. The number of hydrogen-bond acceptors (Lipinski definition) is 10. The van der Waals surface area contributed by atoms with E-state index in [2.05, 4.69) is 25.9 Å². The van der Waals surface area contributed by atoms with Crippen LogP contribution in [0.1, 0.15) is 23.2 Å². The summed E-state index contributed by atoms with van der Waals surface area (Å²) in [6, 6.07) is 9.31. The Morgan fingerprint density at radius 3 is 2.70 bits per heavy atom. The average molecular weight is 665 g/mol. The van der Waals surface area contributed by atoms with Gasteiger partial charge in [0.05, 0.1) is 34.4 Å². The van der Waals surface area contributed by atoms with Crippen molar-refractivity contribution in [3.63, 3.8) is 0 Å². The summed E-state index contributed by atoms with van der Waals surface area (Å²) in [5, 5.41) is 18.6. The highest BCUT2D eigenvalue weighted by Crippen LogP contribution is 2.32. The quantitative estimate of drug-likeness (QED) is 0.225. The molecule has 1 atom stereocenters. The molecule has 2 fully saturated rings. The fourth-order valence-corrected chi connectivity index (χ4v) is 5.94. The van der Waals surface area contributed by atoms with Crippen LogP contribution in [0, 0.1) is 28.9 Å². The molecule has 2 saturated heterocycles. The number of amides is 1. The van der Waals surface area contributed by atoms with E-state index < -0.39 is 18.2 Å². The van der Waals surface area contributed by atoms with Crippen molar-refractivity contribution in [1.82, 2.24) is 29.9 Å². The van der Waals surface area contributed by atoms with Crippen LogP contribution >= 0.6 is 11.6 Å². The lowest BCUT2D eigenvalue weighted by atomic mass is 9.96. The number of halogens is 3. The summed E-state index contributed by atoms with van der Waals surface area (Å²) in [7, 11) is 0. The van der Waals surface area contributed by atoms with Gasteiger partial charge in [-0.05, 0) is 43.2 Å². The topological polar surface area (TPSA) is 146 Å². The van der Waals surface area contributed by atoms with Crippen LogP contribution in [0.4, 0.5) is 20.3 Å². The number of imidazole rings is 1. The Morgan fingerprint density at radius 2 is 1.96 bits per heavy atom. The molecule has 12 nitrogen and oxygen atoms in total. The zero-order valence-corrected chi connectivity index (χ0v) is 25.9. The molecule has 0 saturated carbocycles. The summed E-state index contributed by atoms with van der Waals surface area (Å²) >= 11 is 6.56. The SMILES string of the molecule is N#CCOc1ccc(-c2cnc3c(Nc4ccc(C(=O)N5CCC(C(=O)OCC6CNCCN6)CC5)c(Cl)c4)nccn23)c(F)c1F. The first-order valence-corrected chi connectivity index (χ1v) is 15.5. The van der Waals surface area contributed by atoms with Gasteiger partial charge in [0.15, 0.2) is 29.6 Å². The number of nitrogens with zero attached hydrogens (tertiary/aromatic N) is 5. The van der Waals surface area contributed by atoms with Gasteiger partial charge in [-0.3, -0.25) is 14.0 Å². The first-order chi connectivity index (χ1) is 22.8. The summed E-state index contributed by atoms with van der Waals surface area (Å²) in [5.41, 5.74) is 1.39. The van der Waals surface area contributed by atoms with E-state index in [9.17, 15) is 18.4 Å². The summed E-state index contributed by atoms with van der Waals surface area (Å²) in [6.07, 6.45) is 5.44. The van der Waals surface area contributed by atoms with Crippen LogP contribution < -0.4 is 20.7 Å². The highest BCUT2D eigenvalue weighted by atomic mass is 35.5. The first-order valence-electron chi connectivity index (χ1n) is 15.1. The minimum atomic E-state index is -1.21. The fourth-order valence-electron chi connectivity index (χ4n) is 5.68. The molecule has 2 aliphatic rings. The molecule has 1 unspecified atom stereocenters. The molecule has 47 heavy (non-hydrogen) atoms. The number of benzene rings is 2. The lowest BCUT2D eigenvalue weighted by Gasteiger charge is -2.32. The van der Waals surface area contributed by atoms with Gasteiger partial charge in [-0.15, -0.1) is 0 Å².